The van der Waals surface area contributed by atoms with Gasteiger partial charge in [0.15, 0.2) is 17.3 Å². The molecule has 0 saturated heterocycles. The van der Waals surface area contributed by atoms with Crippen molar-refractivity contribution in [2.24, 2.45) is 0 Å². The topological polar surface area (TPSA) is 60.6 Å². The molecule has 0 radical (unpaired) electrons. The molecule has 0 unspecified atom stereocenters. The third-order valence-corrected chi connectivity index (χ3v) is 4.52. The summed E-state index contributed by atoms with van der Waals surface area (Å²) in [5, 5.41) is 1.09. The van der Waals surface area contributed by atoms with E-state index in [0.29, 0.717) is 28.4 Å². The second-order valence-electron chi connectivity index (χ2n) is 6.36. The molecule has 0 fully saturated rings. The van der Waals surface area contributed by atoms with Gasteiger partial charge in [-0.25, -0.2) is 0 Å². The predicted molar refractivity (Wildman–Crippen MR) is 100 cm³/mol. The van der Waals surface area contributed by atoms with Gasteiger partial charge in [-0.1, -0.05) is 12.1 Å². The van der Waals surface area contributed by atoms with E-state index in [2.05, 4.69) is 30.1 Å². The number of aryl methyl sites for hydroxylation is 1. The fourth-order valence-corrected chi connectivity index (χ4v) is 3.17. The largest absolute Gasteiger partial charge is 0.493 e. The van der Waals surface area contributed by atoms with Crippen LogP contribution in [0.3, 0.4) is 0 Å². The van der Waals surface area contributed by atoms with Crippen LogP contribution in [-0.2, 0) is 0 Å². The summed E-state index contributed by atoms with van der Waals surface area (Å²) in [7, 11) is 1.54. The van der Waals surface area contributed by atoms with Gasteiger partial charge in [-0.3, -0.25) is 4.79 Å². The van der Waals surface area contributed by atoms with Crippen molar-refractivity contribution in [3.8, 4) is 17.2 Å². The molecule has 5 nitrogen and oxygen atoms in total. The van der Waals surface area contributed by atoms with Crippen molar-refractivity contribution >= 4 is 22.8 Å². The Labute approximate surface area is 151 Å². The Morgan fingerprint density at radius 3 is 2.88 bits per heavy atom. The maximum Gasteiger partial charge on any atom is 0.231 e. The number of carbonyl (C=O) groups is 1. The number of methoxy groups -OCH3 is 1. The van der Waals surface area contributed by atoms with Crippen LogP contribution in [0, 0.1) is 6.92 Å². The third-order valence-electron chi connectivity index (χ3n) is 4.52. The Bertz CT molecular complexity index is 1050. The number of rotatable bonds is 4. The van der Waals surface area contributed by atoms with E-state index >= 15 is 0 Å². The van der Waals surface area contributed by atoms with Crippen LogP contribution >= 0.6 is 0 Å². The number of allylic oxidation sites excluding steroid dienone is 1. The van der Waals surface area contributed by atoms with E-state index < -0.39 is 0 Å². The first-order valence-corrected chi connectivity index (χ1v) is 8.35. The van der Waals surface area contributed by atoms with Gasteiger partial charge in [0, 0.05) is 28.2 Å². The number of ketones is 1. The standard InChI is InChI=1S/C21H19NO4/c1-12-4-5-16-15(10-22-17(16)6-12)7-13(2)20(23)14-8-18(24-3)21-19(9-14)25-11-26-21/h4-10,22H,11H2,1-3H3/b13-7+. The average molecular weight is 349 g/mol. The summed E-state index contributed by atoms with van der Waals surface area (Å²) >= 11 is 0. The van der Waals surface area contributed by atoms with E-state index in [9.17, 15) is 4.79 Å². The molecule has 2 aromatic carbocycles. The highest BCUT2D eigenvalue weighted by atomic mass is 16.7. The molecule has 2 heterocycles. The van der Waals surface area contributed by atoms with Gasteiger partial charge >= 0.3 is 0 Å². The molecule has 1 aromatic heterocycles. The molecule has 0 saturated carbocycles. The zero-order valence-electron chi connectivity index (χ0n) is 14.9. The highest BCUT2D eigenvalue weighted by molar-refractivity contribution is 6.12. The van der Waals surface area contributed by atoms with Crippen molar-refractivity contribution in [3.05, 3.63) is 58.8 Å². The molecule has 5 heteroatoms. The SMILES string of the molecule is COc1cc(C(=O)/C(C)=C/c2c[nH]c3cc(C)ccc23)cc2c1OCO2. The number of hydrogen-bond donors (Lipinski definition) is 1. The fourth-order valence-electron chi connectivity index (χ4n) is 3.17. The summed E-state index contributed by atoms with van der Waals surface area (Å²) in [5.74, 6) is 1.49. The molecule has 26 heavy (non-hydrogen) atoms. The lowest BCUT2D eigenvalue weighted by Gasteiger charge is -2.08. The van der Waals surface area contributed by atoms with Crippen molar-refractivity contribution in [1.82, 2.24) is 4.98 Å². The van der Waals surface area contributed by atoms with E-state index in [4.69, 9.17) is 14.2 Å². The van der Waals surface area contributed by atoms with Crippen LogP contribution in [0.1, 0.15) is 28.4 Å². The fraction of sp³-hybridized carbons (Fsp3) is 0.190. The van der Waals surface area contributed by atoms with Crippen molar-refractivity contribution in [3.63, 3.8) is 0 Å². The molecule has 0 amide bonds. The summed E-state index contributed by atoms with van der Waals surface area (Å²) in [5.41, 5.74) is 4.37. The van der Waals surface area contributed by atoms with E-state index in [1.165, 1.54) is 5.56 Å². The molecule has 4 rings (SSSR count). The summed E-state index contributed by atoms with van der Waals surface area (Å²) < 4.78 is 16.1. The van der Waals surface area contributed by atoms with E-state index in [-0.39, 0.29) is 12.6 Å². The van der Waals surface area contributed by atoms with Crippen molar-refractivity contribution in [1.29, 1.82) is 0 Å². The molecule has 0 aliphatic carbocycles. The third kappa shape index (κ3) is 2.71. The molecular weight excluding hydrogens is 330 g/mol. The van der Waals surface area contributed by atoms with Crippen LogP contribution in [0.5, 0.6) is 17.2 Å². The van der Waals surface area contributed by atoms with Crippen LogP contribution in [0.25, 0.3) is 17.0 Å². The van der Waals surface area contributed by atoms with Crippen molar-refractivity contribution < 1.29 is 19.0 Å². The summed E-state index contributed by atoms with van der Waals surface area (Å²) in [4.78, 5) is 16.2. The summed E-state index contributed by atoms with van der Waals surface area (Å²) in [6.45, 7) is 4.00. The van der Waals surface area contributed by atoms with Gasteiger partial charge < -0.3 is 19.2 Å². The quantitative estimate of drug-likeness (QED) is 0.556. The second-order valence-corrected chi connectivity index (χ2v) is 6.36. The first kappa shape index (κ1) is 16.3. The Morgan fingerprint density at radius 2 is 2.08 bits per heavy atom. The number of aromatic amines is 1. The highest BCUT2D eigenvalue weighted by Crippen LogP contribution is 2.42. The minimum Gasteiger partial charge on any atom is -0.493 e. The maximum absolute atomic E-state index is 12.9. The Morgan fingerprint density at radius 1 is 1.23 bits per heavy atom. The first-order valence-electron chi connectivity index (χ1n) is 8.35. The van der Waals surface area contributed by atoms with Gasteiger partial charge in [0.1, 0.15) is 0 Å². The van der Waals surface area contributed by atoms with E-state index in [1.807, 2.05) is 19.2 Å². The number of aromatic nitrogens is 1. The zero-order chi connectivity index (χ0) is 18.3. The van der Waals surface area contributed by atoms with Gasteiger partial charge in [-0.2, -0.15) is 0 Å². The second kappa shape index (κ2) is 6.26. The summed E-state index contributed by atoms with van der Waals surface area (Å²) in [6.07, 6.45) is 3.81. The predicted octanol–water partition coefficient (Wildman–Crippen LogP) is 4.50. The monoisotopic (exact) mass is 349 g/mol. The number of Topliss-reactive ketones (excluding diaryl/α,β-unsaturated/α-hetero) is 1. The molecule has 0 atom stereocenters. The zero-order valence-corrected chi connectivity index (χ0v) is 14.9. The highest BCUT2D eigenvalue weighted by Gasteiger charge is 2.22. The number of carbonyl (C=O) groups excluding carboxylic acids is 1. The minimum atomic E-state index is -0.0805. The first-order chi connectivity index (χ1) is 12.6. The molecule has 1 aliphatic rings. The molecule has 3 aromatic rings. The number of nitrogens with one attached hydrogen (secondary N) is 1. The van der Waals surface area contributed by atoms with Gasteiger partial charge in [-0.15, -0.1) is 0 Å². The maximum atomic E-state index is 12.9. The number of H-pyrrole nitrogens is 1. The van der Waals surface area contributed by atoms with Gasteiger partial charge in [0.05, 0.1) is 7.11 Å². The van der Waals surface area contributed by atoms with Gasteiger partial charge in [0.2, 0.25) is 12.5 Å². The van der Waals surface area contributed by atoms with Crippen LogP contribution in [0.4, 0.5) is 0 Å². The van der Waals surface area contributed by atoms with Gasteiger partial charge in [-0.05, 0) is 49.3 Å². The number of ether oxygens (including phenoxy) is 3. The lowest BCUT2D eigenvalue weighted by molar-refractivity contribution is 0.103. The molecule has 0 bridgehead atoms. The Balaban J connectivity index is 1.70. The van der Waals surface area contributed by atoms with Crippen LogP contribution < -0.4 is 14.2 Å². The lowest BCUT2D eigenvalue weighted by Crippen LogP contribution is -2.01. The average Bonchev–Trinajstić information content (AvgIpc) is 3.26. The molecule has 1 aliphatic heterocycles. The molecular formula is C21H19NO4. The van der Waals surface area contributed by atoms with E-state index in [1.54, 1.807) is 19.2 Å². The molecule has 1 N–H and O–H groups in total. The summed E-state index contributed by atoms with van der Waals surface area (Å²) in [6, 6.07) is 9.60. The Hall–Kier alpha value is -3.21. The van der Waals surface area contributed by atoms with Crippen molar-refractivity contribution in [2.45, 2.75) is 13.8 Å². The lowest BCUT2D eigenvalue weighted by atomic mass is 10.0. The normalized spacial score (nSPS) is 13.3. The molecule has 0 spiro atoms. The van der Waals surface area contributed by atoms with Crippen LogP contribution in [-0.4, -0.2) is 24.7 Å². The molecule has 132 valence electrons. The minimum absolute atomic E-state index is 0.0805. The smallest absolute Gasteiger partial charge is 0.231 e. The number of fused-ring (bicyclic) bond motifs is 2. The number of hydrogen-bond acceptors (Lipinski definition) is 4. The Kier molecular flexibility index (Phi) is 3.92. The van der Waals surface area contributed by atoms with Gasteiger partial charge in [0.25, 0.3) is 0 Å². The van der Waals surface area contributed by atoms with Crippen LogP contribution in [0.15, 0.2) is 42.1 Å². The van der Waals surface area contributed by atoms with Crippen molar-refractivity contribution in [2.75, 3.05) is 13.9 Å². The van der Waals surface area contributed by atoms with Crippen LogP contribution in [0.2, 0.25) is 0 Å². The number of benzene rings is 2. The van der Waals surface area contributed by atoms with E-state index in [0.717, 1.165) is 16.5 Å².